The van der Waals surface area contributed by atoms with Gasteiger partial charge in [-0.1, -0.05) is 24.3 Å². The number of para-hydroxylation sites is 1. The van der Waals surface area contributed by atoms with E-state index in [4.69, 9.17) is 0 Å². The van der Waals surface area contributed by atoms with Crippen molar-refractivity contribution in [3.05, 3.63) is 59.2 Å². The number of hydrogen-bond donors (Lipinski definition) is 1. The summed E-state index contributed by atoms with van der Waals surface area (Å²) in [5.74, 6) is 0.118. The highest BCUT2D eigenvalue weighted by atomic mass is 32.2. The summed E-state index contributed by atoms with van der Waals surface area (Å²) in [4.78, 5) is 16.4. The largest absolute Gasteiger partial charge is 0.325 e. The number of quaternary nitrogens is 1. The number of carbonyl (C=O) groups excluding carboxylic acids is 1. The van der Waals surface area contributed by atoms with Crippen LogP contribution in [0.3, 0.4) is 0 Å². The van der Waals surface area contributed by atoms with Gasteiger partial charge in [-0.2, -0.15) is 4.31 Å². The zero-order valence-electron chi connectivity index (χ0n) is 17.9. The quantitative estimate of drug-likeness (QED) is 0.795. The summed E-state index contributed by atoms with van der Waals surface area (Å²) in [5, 5.41) is 0. The number of rotatable bonds is 4. The molecular weight excluding hydrogens is 398 g/mol. The van der Waals surface area contributed by atoms with Crippen LogP contribution >= 0.6 is 0 Å². The van der Waals surface area contributed by atoms with E-state index in [9.17, 15) is 13.2 Å². The molecule has 1 atom stereocenters. The Kier molecular flexibility index (Phi) is 5.70. The van der Waals surface area contributed by atoms with E-state index in [0.717, 1.165) is 28.1 Å². The Labute approximate surface area is 179 Å². The zero-order chi connectivity index (χ0) is 21.5. The van der Waals surface area contributed by atoms with Crippen molar-refractivity contribution >= 4 is 21.6 Å². The van der Waals surface area contributed by atoms with E-state index in [0.29, 0.717) is 37.6 Å². The minimum absolute atomic E-state index is 0.118. The lowest BCUT2D eigenvalue weighted by molar-refractivity contribution is -0.895. The van der Waals surface area contributed by atoms with E-state index in [1.54, 1.807) is 16.4 Å². The summed E-state index contributed by atoms with van der Waals surface area (Å²) in [5.41, 5.74) is 4.30. The third kappa shape index (κ3) is 3.89. The van der Waals surface area contributed by atoms with Gasteiger partial charge in [0, 0.05) is 11.7 Å². The highest BCUT2D eigenvalue weighted by Gasteiger charge is 2.35. The number of piperazine rings is 1. The minimum Gasteiger partial charge on any atom is -0.325 e. The molecule has 0 aliphatic carbocycles. The fourth-order valence-electron chi connectivity index (χ4n) is 4.49. The third-order valence-electron chi connectivity index (χ3n) is 6.42. The first-order valence-corrected chi connectivity index (χ1v) is 12.0. The molecule has 2 aliphatic heterocycles. The van der Waals surface area contributed by atoms with Crippen molar-refractivity contribution in [1.82, 2.24) is 4.31 Å². The predicted molar refractivity (Wildman–Crippen MR) is 117 cm³/mol. The molecule has 2 aliphatic rings. The van der Waals surface area contributed by atoms with Gasteiger partial charge in [-0.05, 0) is 62.1 Å². The number of amides is 1. The van der Waals surface area contributed by atoms with Crippen LogP contribution in [0.25, 0.3) is 0 Å². The van der Waals surface area contributed by atoms with Gasteiger partial charge in [-0.25, -0.2) is 8.42 Å². The van der Waals surface area contributed by atoms with Crippen LogP contribution in [-0.4, -0.2) is 57.4 Å². The number of sulfonamides is 1. The molecular formula is C23H30N3O3S+. The maximum atomic E-state index is 13.0. The van der Waals surface area contributed by atoms with Gasteiger partial charge >= 0.3 is 0 Å². The van der Waals surface area contributed by atoms with Crippen LogP contribution in [0.15, 0.2) is 47.4 Å². The minimum atomic E-state index is -3.49. The van der Waals surface area contributed by atoms with E-state index >= 15 is 0 Å². The number of aryl methyl sites for hydroxylation is 2. The van der Waals surface area contributed by atoms with Crippen molar-refractivity contribution in [2.75, 3.05) is 37.6 Å². The van der Waals surface area contributed by atoms with Gasteiger partial charge in [0.1, 0.15) is 0 Å². The van der Waals surface area contributed by atoms with E-state index in [2.05, 4.69) is 13.0 Å². The fraction of sp³-hybridized carbons (Fsp3) is 0.435. The molecule has 0 spiro atoms. The number of anilines is 1. The molecule has 6 nitrogen and oxygen atoms in total. The molecule has 30 heavy (non-hydrogen) atoms. The first-order valence-electron chi connectivity index (χ1n) is 10.6. The van der Waals surface area contributed by atoms with E-state index in [1.807, 2.05) is 43.0 Å². The van der Waals surface area contributed by atoms with Crippen LogP contribution in [-0.2, 0) is 21.2 Å². The lowest BCUT2D eigenvalue weighted by atomic mass is 10.1. The lowest BCUT2D eigenvalue weighted by Gasteiger charge is -2.32. The third-order valence-corrected chi connectivity index (χ3v) is 8.32. The van der Waals surface area contributed by atoms with Crippen molar-refractivity contribution in [3.8, 4) is 0 Å². The van der Waals surface area contributed by atoms with Crippen molar-refractivity contribution in [2.24, 2.45) is 0 Å². The molecule has 0 saturated carbocycles. The van der Waals surface area contributed by atoms with Crippen LogP contribution in [0.4, 0.5) is 5.69 Å². The summed E-state index contributed by atoms with van der Waals surface area (Å²) in [6.45, 7) is 8.54. The number of fused-ring (bicyclic) bond motifs is 1. The maximum Gasteiger partial charge on any atom is 0.282 e. The fourth-order valence-corrected chi connectivity index (χ4v) is 6.01. The van der Waals surface area contributed by atoms with Gasteiger partial charge in [-0.15, -0.1) is 0 Å². The second kappa shape index (κ2) is 8.13. The molecule has 1 amide bonds. The topological polar surface area (TPSA) is 62.1 Å². The molecule has 0 aromatic heterocycles. The molecule has 4 rings (SSSR count). The Morgan fingerprint density at radius 3 is 2.47 bits per heavy atom. The molecule has 2 aromatic carbocycles. The van der Waals surface area contributed by atoms with Gasteiger partial charge in [-0.3, -0.25) is 4.79 Å². The average Bonchev–Trinajstić information content (AvgIpc) is 3.06. The van der Waals surface area contributed by atoms with Gasteiger partial charge in [0.25, 0.3) is 5.91 Å². The average molecular weight is 429 g/mol. The molecule has 1 saturated heterocycles. The Bertz CT molecular complexity index is 1060. The van der Waals surface area contributed by atoms with E-state index < -0.39 is 10.0 Å². The maximum absolute atomic E-state index is 13.0. The summed E-state index contributed by atoms with van der Waals surface area (Å²) in [6, 6.07) is 13.5. The normalized spacial score (nSPS) is 20.4. The van der Waals surface area contributed by atoms with Crippen molar-refractivity contribution < 1.29 is 18.1 Å². The van der Waals surface area contributed by atoms with Crippen molar-refractivity contribution in [3.63, 3.8) is 0 Å². The summed E-state index contributed by atoms with van der Waals surface area (Å²) in [6.07, 6.45) is 0.888. The van der Waals surface area contributed by atoms with Gasteiger partial charge in [0.05, 0.1) is 31.1 Å². The smallest absolute Gasteiger partial charge is 0.282 e. The number of nitrogens with zero attached hydrogens (tertiary/aromatic N) is 2. The highest BCUT2D eigenvalue weighted by Crippen LogP contribution is 2.31. The molecule has 1 N–H and O–H groups in total. The molecule has 2 aromatic rings. The lowest BCUT2D eigenvalue weighted by Crippen LogP contribution is -3.15. The van der Waals surface area contributed by atoms with E-state index in [1.165, 1.54) is 5.56 Å². The van der Waals surface area contributed by atoms with Crippen LogP contribution in [0, 0.1) is 13.8 Å². The van der Waals surface area contributed by atoms with Crippen LogP contribution < -0.4 is 9.80 Å². The Hall–Kier alpha value is -2.22. The van der Waals surface area contributed by atoms with Crippen molar-refractivity contribution in [1.29, 1.82) is 0 Å². The van der Waals surface area contributed by atoms with Crippen LogP contribution in [0.1, 0.15) is 23.6 Å². The molecule has 7 heteroatoms. The summed E-state index contributed by atoms with van der Waals surface area (Å²) < 4.78 is 27.6. The molecule has 0 radical (unpaired) electrons. The SMILES string of the molecule is Cc1ccc(S(=O)(=O)N2CC[NH+](CC(=O)N3c4ccccc4C[C@@H]3C)CC2)cc1C. The van der Waals surface area contributed by atoms with Gasteiger partial charge < -0.3 is 9.80 Å². The molecule has 0 unspecified atom stereocenters. The first-order chi connectivity index (χ1) is 14.3. The predicted octanol–water partition coefficient (Wildman–Crippen LogP) is 1.17. The zero-order valence-corrected chi connectivity index (χ0v) is 18.7. The highest BCUT2D eigenvalue weighted by molar-refractivity contribution is 7.89. The molecule has 1 fully saturated rings. The first kappa shape index (κ1) is 21.0. The molecule has 2 heterocycles. The van der Waals surface area contributed by atoms with Gasteiger partial charge in [0.2, 0.25) is 10.0 Å². The second-order valence-electron chi connectivity index (χ2n) is 8.52. The van der Waals surface area contributed by atoms with Crippen molar-refractivity contribution in [2.45, 2.75) is 38.1 Å². The number of benzene rings is 2. The van der Waals surface area contributed by atoms with Crippen LogP contribution in [0.2, 0.25) is 0 Å². The summed E-state index contributed by atoms with van der Waals surface area (Å²) >= 11 is 0. The number of hydrogen-bond acceptors (Lipinski definition) is 3. The number of nitrogens with one attached hydrogen (secondary N) is 1. The standard InChI is InChI=1S/C23H29N3O3S/c1-17-8-9-21(14-18(17)2)30(28,29)25-12-10-24(11-13-25)16-23(27)26-19(3)15-20-6-4-5-7-22(20)26/h4-9,14,19H,10-13,15-16H2,1-3H3/p+1/t19-/m0/s1. The summed E-state index contributed by atoms with van der Waals surface area (Å²) in [7, 11) is -3.49. The second-order valence-corrected chi connectivity index (χ2v) is 10.5. The number of carbonyl (C=O) groups is 1. The Balaban J connectivity index is 1.39. The Morgan fingerprint density at radius 1 is 1.07 bits per heavy atom. The molecule has 0 bridgehead atoms. The monoisotopic (exact) mass is 428 g/mol. The van der Waals surface area contributed by atoms with Crippen LogP contribution in [0.5, 0.6) is 0 Å². The Morgan fingerprint density at radius 2 is 1.77 bits per heavy atom. The van der Waals surface area contributed by atoms with E-state index in [-0.39, 0.29) is 11.9 Å². The van der Waals surface area contributed by atoms with Gasteiger partial charge in [0.15, 0.2) is 6.54 Å². The molecule has 160 valence electrons.